The van der Waals surface area contributed by atoms with E-state index in [1.807, 2.05) is 0 Å². The van der Waals surface area contributed by atoms with Crippen molar-refractivity contribution >= 4 is 21.6 Å². The van der Waals surface area contributed by atoms with Gasteiger partial charge in [-0.05, 0) is 12.8 Å². The molecule has 1 atom stereocenters. The smallest absolute Gasteiger partial charge is 0.164 e. The topological polar surface area (TPSA) is 57.6 Å². The van der Waals surface area contributed by atoms with Crippen LogP contribution in [0.15, 0.2) is 0 Å². The number of aliphatic hydroxyl groups excluding tert-OH is 1. The molecule has 0 aromatic heterocycles. The number of rotatable bonds is 4. The molecule has 1 heterocycles. The normalized spacial score (nSPS) is 29.3. The molecule has 0 bridgehead atoms. The molecule has 19 heavy (non-hydrogen) atoms. The average Bonchev–Trinajstić information content (AvgIpc) is 2.39. The molecule has 1 aliphatic carbocycles. The van der Waals surface area contributed by atoms with Crippen molar-refractivity contribution in [3.05, 3.63) is 0 Å². The van der Waals surface area contributed by atoms with Crippen molar-refractivity contribution in [2.75, 3.05) is 37.5 Å². The Labute approximate surface area is 120 Å². The van der Waals surface area contributed by atoms with Gasteiger partial charge in [-0.25, -0.2) is 8.42 Å². The zero-order valence-electron chi connectivity index (χ0n) is 11.7. The van der Waals surface area contributed by atoms with Crippen LogP contribution in [0.3, 0.4) is 0 Å². The molecule has 2 rings (SSSR count). The fraction of sp³-hybridized carbons (Fsp3) is 1.00. The lowest BCUT2D eigenvalue weighted by atomic mass is 9.74. The van der Waals surface area contributed by atoms with Gasteiger partial charge < -0.3 is 5.11 Å². The third-order valence-corrected chi connectivity index (χ3v) is 7.16. The van der Waals surface area contributed by atoms with E-state index in [9.17, 15) is 13.5 Å². The predicted octanol–water partition coefficient (Wildman–Crippen LogP) is 1.35. The van der Waals surface area contributed by atoms with E-state index in [1.165, 1.54) is 12.7 Å². The minimum Gasteiger partial charge on any atom is -0.396 e. The molecule has 1 unspecified atom stereocenters. The molecule has 0 radical (unpaired) electrons. The van der Waals surface area contributed by atoms with Crippen LogP contribution in [-0.2, 0) is 9.84 Å². The summed E-state index contributed by atoms with van der Waals surface area (Å²) >= 11 is 1.72. The van der Waals surface area contributed by atoms with Gasteiger partial charge in [-0.3, -0.25) is 4.90 Å². The van der Waals surface area contributed by atoms with Gasteiger partial charge in [-0.2, -0.15) is 11.8 Å². The number of thioether (sulfide) groups is 1. The molecule has 1 N–H and O–H groups in total. The number of nitrogens with zero attached hydrogens (tertiary/aromatic N) is 1. The van der Waals surface area contributed by atoms with Gasteiger partial charge in [0.05, 0.1) is 0 Å². The molecule has 2 fully saturated rings. The Morgan fingerprint density at radius 3 is 2.58 bits per heavy atom. The molecule has 0 aromatic rings. The van der Waals surface area contributed by atoms with E-state index in [0.29, 0.717) is 5.75 Å². The van der Waals surface area contributed by atoms with Crippen LogP contribution < -0.4 is 0 Å². The van der Waals surface area contributed by atoms with E-state index in [4.69, 9.17) is 0 Å². The highest BCUT2D eigenvalue weighted by Crippen LogP contribution is 2.38. The van der Waals surface area contributed by atoms with Crippen LogP contribution in [0.2, 0.25) is 0 Å². The first-order valence-electron chi connectivity index (χ1n) is 7.08. The summed E-state index contributed by atoms with van der Waals surface area (Å²) in [6, 6.07) is 0. The van der Waals surface area contributed by atoms with Crippen LogP contribution in [0.1, 0.15) is 32.1 Å². The van der Waals surface area contributed by atoms with E-state index in [1.54, 1.807) is 11.8 Å². The van der Waals surface area contributed by atoms with Gasteiger partial charge in [-0.15, -0.1) is 0 Å². The SMILES string of the molecule is CS(=O)(=O)C1CSCCN1CC1(CO)CCCCC1. The third kappa shape index (κ3) is 3.86. The van der Waals surface area contributed by atoms with Gasteiger partial charge >= 0.3 is 0 Å². The van der Waals surface area contributed by atoms with Crippen molar-refractivity contribution in [1.82, 2.24) is 4.90 Å². The first kappa shape index (κ1) is 15.6. The van der Waals surface area contributed by atoms with Gasteiger partial charge in [0.2, 0.25) is 0 Å². The van der Waals surface area contributed by atoms with Crippen LogP contribution in [0.25, 0.3) is 0 Å². The Hall–Kier alpha value is 0.220. The summed E-state index contributed by atoms with van der Waals surface area (Å²) in [5, 5.41) is 9.42. The van der Waals surface area contributed by atoms with Crippen LogP contribution in [-0.4, -0.2) is 61.3 Å². The van der Waals surface area contributed by atoms with E-state index < -0.39 is 9.84 Å². The van der Waals surface area contributed by atoms with Crippen molar-refractivity contribution in [3.8, 4) is 0 Å². The second-order valence-corrected chi connectivity index (χ2v) is 9.40. The maximum atomic E-state index is 11.9. The lowest BCUT2D eigenvalue weighted by Gasteiger charge is -2.43. The summed E-state index contributed by atoms with van der Waals surface area (Å²) in [7, 11) is -3.04. The second kappa shape index (κ2) is 6.33. The van der Waals surface area contributed by atoms with Gasteiger partial charge in [0.25, 0.3) is 0 Å². The monoisotopic (exact) mass is 307 g/mol. The number of sulfone groups is 1. The van der Waals surface area contributed by atoms with E-state index >= 15 is 0 Å². The molecule has 0 spiro atoms. The number of aliphatic hydroxyl groups is 1. The summed E-state index contributed by atoms with van der Waals surface area (Å²) in [5.74, 6) is 1.66. The van der Waals surface area contributed by atoms with E-state index in [-0.39, 0.29) is 17.4 Å². The van der Waals surface area contributed by atoms with Crippen LogP contribution in [0.4, 0.5) is 0 Å². The van der Waals surface area contributed by atoms with Crippen LogP contribution in [0, 0.1) is 5.41 Å². The zero-order valence-corrected chi connectivity index (χ0v) is 13.3. The highest BCUT2D eigenvalue weighted by molar-refractivity contribution is 8.00. The summed E-state index contributed by atoms with van der Waals surface area (Å²) in [6.07, 6.45) is 6.96. The van der Waals surface area contributed by atoms with Crippen LogP contribution in [0.5, 0.6) is 0 Å². The fourth-order valence-corrected chi connectivity index (χ4v) is 6.23. The summed E-state index contributed by atoms with van der Waals surface area (Å²) < 4.78 is 23.8. The largest absolute Gasteiger partial charge is 0.396 e. The predicted molar refractivity (Wildman–Crippen MR) is 80.1 cm³/mol. The standard InChI is InChI=1S/C13H25NO3S2/c1-19(16,17)12-9-18-8-7-14(12)10-13(11-15)5-3-2-4-6-13/h12,15H,2-11H2,1H3. The number of hydrogen-bond donors (Lipinski definition) is 1. The maximum Gasteiger partial charge on any atom is 0.164 e. The van der Waals surface area contributed by atoms with Gasteiger partial charge in [0.1, 0.15) is 5.37 Å². The maximum absolute atomic E-state index is 11.9. The van der Waals surface area contributed by atoms with E-state index in [2.05, 4.69) is 4.90 Å². The highest BCUT2D eigenvalue weighted by atomic mass is 32.2. The molecule has 1 aliphatic heterocycles. The Morgan fingerprint density at radius 1 is 1.32 bits per heavy atom. The van der Waals surface area contributed by atoms with Crippen molar-refractivity contribution in [1.29, 1.82) is 0 Å². The summed E-state index contributed by atoms with van der Waals surface area (Å²) in [5.41, 5.74) is -0.0663. The fourth-order valence-electron chi connectivity index (χ4n) is 3.29. The quantitative estimate of drug-likeness (QED) is 0.849. The van der Waals surface area contributed by atoms with Gasteiger partial charge in [0.15, 0.2) is 9.84 Å². The second-order valence-electron chi connectivity index (χ2n) is 6.05. The van der Waals surface area contributed by atoms with Crippen molar-refractivity contribution < 1.29 is 13.5 Å². The molecular formula is C13H25NO3S2. The first-order valence-corrected chi connectivity index (χ1v) is 10.2. The molecular weight excluding hydrogens is 282 g/mol. The summed E-state index contributed by atoms with van der Waals surface area (Å²) in [4.78, 5) is 2.10. The molecule has 112 valence electrons. The molecule has 2 aliphatic rings. The molecule has 0 aromatic carbocycles. The minimum absolute atomic E-state index is 0.0663. The lowest BCUT2D eigenvalue weighted by Crippen LogP contribution is -2.52. The van der Waals surface area contributed by atoms with Crippen molar-refractivity contribution in [3.63, 3.8) is 0 Å². The minimum atomic E-state index is -3.04. The highest BCUT2D eigenvalue weighted by Gasteiger charge is 2.38. The zero-order chi connectivity index (χ0) is 13.9. The Balaban J connectivity index is 2.10. The Kier molecular flexibility index (Phi) is 5.20. The van der Waals surface area contributed by atoms with Gasteiger partial charge in [-0.1, -0.05) is 19.3 Å². The van der Waals surface area contributed by atoms with Crippen molar-refractivity contribution in [2.24, 2.45) is 5.41 Å². The van der Waals surface area contributed by atoms with Crippen molar-refractivity contribution in [2.45, 2.75) is 37.5 Å². The molecule has 1 saturated heterocycles. The first-order chi connectivity index (χ1) is 8.97. The van der Waals surface area contributed by atoms with Gasteiger partial charge in [0, 0.05) is 42.9 Å². The van der Waals surface area contributed by atoms with E-state index in [0.717, 1.165) is 44.5 Å². The average molecular weight is 307 g/mol. The lowest BCUT2D eigenvalue weighted by molar-refractivity contribution is 0.0390. The summed E-state index contributed by atoms with van der Waals surface area (Å²) in [6.45, 7) is 1.75. The molecule has 4 nitrogen and oxygen atoms in total. The Morgan fingerprint density at radius 2 is 2.00 bits per heavy atom. The van der Waals surface area contributed by atoms with Crippen LogP contribution >= 0.6 is 11.8 Å². The number of hydrogen-bond acceptors (Lipinski definition) is 5. The molecule has 6 heteroatoms. The Bertz CT molecular complexity index is 391. The molecule has 1 saturated carbocycles. The third-order valence-electron chi connectivity index (χ3n) is 4.47. The molecule has 0 amide bonds.